The molecule has 7 N–H and O–H groups in total. The molecule has 1 aliphatic rings. The molecule has 174 valence electrons. The Morgan fingerprint density at radius 3 is 1.55 bits per heavy atom. The molecule has 0 radical (unpaired) electrons. The van der Waals surface area contributed by atoms with Gasteiger partial charge >= 0.3 is 5.97 Å². The van der Waals surface area contributed by atoms with Gasteiger partial charge in [0.15, 0.2) is 0 Å². The molecule has 1 aliphatic carbocycles. The summed E-state index contributed by atoms with van der Waals surface area (Å²) in [7, 11) is -9.05. The lowest BCUT2D eigenvalue weighted by Crippen LogP contribution is -2.03. The number of carboxylic acid groups (broad SMARTS) is 1. The molecule has 0 atom stereocenters. The minimum atomic E-state index is -4.52. The highest BCUT2D eigenvalue weighted by molar-refractivity contribution is 7.86. The normalized spacial score (nSPS) is 13.5. The molecule has 2 aromatic carbocycles. The SMILES string of the molecule is C=C1C=CC=C1C(=O)O.Nc1ccc(C=Cc2ccc(N)cc2S(=O)(=O)O)c(S(=O)(=O)O)c1. The molecule has 3 rings (SSSR count). The van der Waals surface area contributed by atoms with Crippen molar-refractivity contribution in [2.45, 2.75) is 9.79 Å². The van der Waals surface area contributed by atoms with Crippen LogP contribution in [-0.4, -0.2) is 37.0 Å². The lowest BCUT2D eigenvalue weighted by molar-refractivity contribution is -0.132. The molecule has 0 unspecified atom stereocenters. The number of hydrogen-bond acceptors (Lipinski definition) is 7. The predicted octanol–water partition coefficient (Wildman–Crippen LogP) is 2.64. The lowest BCUT2D eigenvalue weighted by atomic mass is 10.1. The lowest BCUT2D eigenvalue weighted by Gasteiger charge is -2.06. The van der Waals surface area contributed by atoms with Gasteiger partial charge in [-0.1, -0.05) is 43.0 Å². The topological polar surface area (TPSA) is 198 Å². The summed E-state index contributed by atoms with van der Waals surface area (Å²) in [4.78, 5) is 9.39. The van der Waals surface area contributed by atoms with Crippen molar-refractivity contribution < 1.29 is 35.8 Å². The van der Waals surface area contributed by atoms with Crippen LogP contribution in [0.2, 0.25) is 0 Å². The van der Waals surface area contributed by atoms with E-state index < -0.39 is 36.0 Å². The zero-order valence-electron chi connectivity index (χ0n) is 16.9. The van der Waals surface area contributed by atoms with Crippen molar-refractivity contribution in [2.24, 2.45) is 0 Å². The summed E-state index contributed by atoms with van der Waals surface area (Å²) in [6.07, 6.45) is 7.41. The highest BCUT2D eigenvalue weighted by Crippen LogP contribution is 2.24. The van der Waals surface area contributed by atoms with E-state index in [0.717, 1.165) is 12.1 Å². The molecule has 0 spiro atoms. The van der Waals surface area contributed by atoms with Gasteiger partial charge in [0, 0.05) is 11.4 Å². The van der Waals surface area contributed by atoms with E-state index in [0.29, 0.717) is 5.57 Å². The van der Waals surface area contributed by atoms with Gasteiger partial charge in [0.05, 0.1) is 5.57 Å². The van der Waals surface area contributed by atoms with Gasteiger partial charge in [0.1, 0.15) is 9.79 Å². The van der Waals surface area contributed by atoms with Crippen LogP contribution in [0.4, 0.5) is 11.4 Å². The van der Waals surface area contributed by atoms with Crippen molar-refractivity contribution in [1.29, 1.82) is 0 Å². The molecule has 2 aromatic rings. The zero-order chi connectivity index (χ0) is 25.0. The number of rotatable bonds is 5. The molecule has 10 nitrogen and oxygen atoms in total. The summed E-state index contributed by atoms with van der Waals surface area (Å²) in [6, 6.07) is 7.67. The van der Waals surface area contributed by atoms with E-state index in [1.54, 1.807) is 12.2 Å². The van der Waals surface area contributed by atoms with Crippen LogP contribution in [0.5, 0.6) is 0 Å². The Bertz CT molecular complexity index is 1340. The standard InChI is InChI=1S/C14H14N2O6S2.C7H6O2/c15-11-5-3-9(13(7-11)23(17,18)19)1-2-10-4-6-12(16)8-14(10)24(20,21)22;1-5-3-2-4-6(5)7(8)9/h1-8H,15-16H2,(H,17,18,19)(H,20,21,22);2-4H,1H2,(H,8,9). The second kappa shape index (κ2) is 9.83. The van der Waals surface area contributed by atoms with Gasteiger partial charge in [-0.2, -0.15) is 16.8 Å². The summed E-state index contributed by atoms with van der Waals surface area (Å²) in [5.41, 5.74) is 12.3. The molecule has 0 amide bonds. The van der Waals surface area contributed by atoms with Gasteiger partial charge < -0.3 is 16.6 Å². The number of carboxylic acids is 1. The summed E-state index contributed by atoms with van der Waals surface area (Å²) < 4.78 is 64.1. The molecular weight excluding hydrogens is 472 g/mol. The van der Waals surface area contributed by atoms with Gasteiger partial charge in [-0.3, -0.25) is 9.11 Å². The summed E-state index contributed by atoms with van der Waals surface area (Å²) >= 11 is 0. The van der Waals surface area contributed by atoms with Crippen molar-refractivity contribution in [2.75, 3.05) is 11.5 Å². The van der Waals surface area contributed by atoms with E-state index in [1.165, 1.54) is 42.5 Å². The maximum atomic E-state index is 11.4. The second-order valence-corrected chi connectivity index (χ2v) is 9.43. The highest BCUT2D eigenvalue weighted by atomic mass is 32.2. The predicted molar refractivity (Wildman–Crippen MR) is 124 cm³/mol. The molecule has 33 heavy (non-hydrogen) atoms. The Kier molecular flexibility index (Phi) is 7.61. The van der Waals surface area contributed by atoms with Gasteiger partial charge in [0.2, 0.25) is 0 Å². The number of anilines is 2. The van der Waals surface area contributed by atoms with Gasteiger partial charge in [-0.25, -0.2) is 4.79 Å². The van der Waals surface area contributed by atoms with Crippen LogP contribution >= 0.6 is 0 Å². The first kappa shape index (κ1) is 25.5. The number of nitrogens with two attached hydrogens (primary N) is 2. The van der Waals surface area contributed by atoms with Crippen LogP contribution in [0.3, 0.4) is 0 Å². The third-order valence-electron chi connectivity index (χ3n) is 4.21. The largest absolute Gasteiger partial charge is 0.478 e. The fourth-order valence-corrected chi connectivity index (χ4v) is 4.11. The van der Waals surface area contributed by atoms with Crippen LogP contribution in [0.25, 0.3) is 12.2 Å². The second-order valence-electron chi connectivity index (χ2n) is 6.65. The fourth-order valence-electron chi connectivity index (χ4n) is 2.67. The quantitative estimate of drug-likeness (QED) is 0.235. The Balaban J connectivity index is 0.000000357. The smallest absolute Gasteiger partial charge is 0.336 e. The molecule has 0 aliphatic heterocycles. The average Bonchev–Trinajstić information content (AvgIpc) is 3.13. The number of allylic oxidation sites excluding steroid dienone is 3. The molecule has 0 saturated heterocycles. The summed E-state index contributed by atoms with van der Waals surface area (Å²) in [6.45, 7) is 3.52. The van der Waals surface area contributed by atoms with Gasteiger partial charge in [-0.05, 0) is 47.0 Å². The van der Waals surface area contributed by atoms with Crippen molar-refractivity contribution >= 4 is 49.7 Å². The summed E-state index contributed by atoms with van der Waals surface area (Å²) in [5, 5.41) is 8.41. The first-order chi connectivity index (χ1) is 15.2. The minimum absolute atomic E-state index is 0.0878. The number of carbonyl (C=O) groups is 1. The summed E-state index contributed by atoms with van der Waals surface area (Å²) in [5.74, 6) is -0.912. The highest BCUT2D eigenvalue weighted by Gasteiger charge is 2.16. The molecule has 0 heterocycles. The minimum Gasteiger partial charge on any atom is -0.478 e. The number of hydrogen-bond donors (Lipinski definition) is 5. The van der Waals surface area contributed by atoms with Crippen LogP contribution in [0, 0.1) is 0 Å². The molecule has 0 aromatic heterocycles. The van der Waals surface area contributed by atoms with Crippen molar-refractivity contribution in [1.82, 2.24) is 0 Å². The Morgan fingerprint density at radius 2 is 1.27 bits per heavy atom. The molecular formula is C21H20N2O8S2. The molecule has 12 heteroatoms. The van der Waals surface area contributed by atoms with E-state index in [2.05, 4.69) is 6.58 Å². The first-order valence-electron chi connectivity index (χ1n) is 8.93. The maximum Gasteiger partial charge on any atom is 0.336 e. The van der Waals surface area contributed by atoms with E-state index in [9.17, 15) is 30.7 Å². The van der Waals surface area contributed by atoms with E-state index in [4.69, 9.17) is 16.6 Å². The van der Waals surface area contributed by atoms with Crippen molar-refractivity contribution in [3.8, 4) is 0 Å². The fraction of sp³-hybridized carbons (Fsp3) is 0. The van der Waals surface area contributed by atoms with E-state index in [-0.39, 0.29) is 28.1 Å². The van der Waals surface area contributed by atoms with Crippen LogP contribution < -0.4 is 11.5 Å². The molecule has 0 bridgehead atoms. The Morgan fingerprint density at radius 1 is 0.848 bits per heavy atom. The zero-order valence-corrected chi connectivity index (χ0v) is 18.5. The molecule has 0 saturated carbocycles. The van der Waals surface area contributed by atoms with Gasteiger partial charge in [-0.15, -0.1) is 0 Å². The van der Waals surface area contributed by atoms with Gasteiger partial charge in [0.25, 0.3) is 20.2 Å². The average molecular weight is 493 g/mol. The maximum absolute atomic E-state index is 11.4. The number of nitrogen functional groups attached to an aromatic ring is 2. The van der Waals surface area contributed by atoms with Crippen LogP contribution in [0.15, 0.2) is 82.1 Å². The van der Waals surface area contributed by atoms with Crippen LogP contribution in [0.1, 0.15) is 11.1 Å². The number of aliphatic carboxylic acids is 1. The third kappa shape index (κ3) is 6.89. The first-order valence-corrected chi connectivity index (χ1v) is 11.8. The Labute approximate surface area is 190 Å². The Hall–Kier alpha value is -3.71. The third-order valence-corrected chi connectivity index (χ3v) is 6.03. The van der Waals surface area contributed by atoms with Crippen molar-refractivity contribution in [3.05, 3.63) is 83.5 Å². The number of benzene rings is 2. The van der Waals surface area contributed by atoms with E-state index in [1.807, 2.05) is 0 Å². The monoisotopic (exact) mass is 492 g/mol. The van der Waals surface area contributed by atoms with Crippen LogP contribution in [-0.2, 0) is 25.0 Å². The van der Waals surface area contributed by atoms with Crippen molar-refractivity contribution in [3.63, 3.8) is 0 Å². The molecule has 0 fully saturated rings. The van der Waals surface area contributed by atoms with E-state index >= 15 is 0 Å².